The Hall–Kier alpha value is -1.71. The molecule has 1 aromatic carbocycles. The lowest BCUT2D eigenvalue weighted by molar-refractivity contribution is -0.137. The molecule has 0 aliphatic heterocycles. The minimum atomic E-state index is -0.875. The van der Waals surface area contributed by atoms with E-state index in [1.165, 1.54) is 0 Å². The summed E-state index contributed by atoms with van der Waals surface area (Å²) in [4.78, 5) is 10.8. The summed E-state index contributed by atoms with van der Waals surface area (Å²) in [7, 11) is 0. The Balaban J connectivity index is 2.50. The topological polar surface area (TPSA) is 77.8 Å². The van der Waals surface area contributed by atoms with Gasteiger partial charge in [-0.1, -0.05) is 6.07 Å². The third kappa shape index (κ3) is 1.84. The maximum Gasteiger partial charge on any atom is 0.304 e. The van der Waals surface area contributed by atoms with Crippen LogP contribution < -0.4 is 0 Å². The van der Waals surface area contributed by atoms with Crippen molar-refractivity contribution in [3.63, 3.8) is 0 Å². The molecular formula is C13H16O4. The van der Waals surface area contributed by atoms with Crippen LogP contribution in [0.4, 0.5) is 0 Å². The number of carboxylic acid groups (broad SMARTS) is 1. The number of hydrogen-bond donors (Lipinski definition) is 3. The fraction of sp³-hybridized carbons (Fsp3) is 0.462. The lowest BCUT2D eigenvalue weighted by Gasteiger charge is -2.18. The number of benzene rings is 1. The molecule has 92 valence electrons. The zero-order valence-electron chi connectivity index (χ0n) is 9.95. The van der Waals surface area contributed by atoms with Crippen molar-refractivity contribution in [3.05, 3.63) is 22.8 Å². The van der Waals surface area contributed by atoms with Crippen molar-refractivity contribution in [3.8, 4) is 11.5 Å². The number of aliphatic carboxylic acids is 1. The molecule has 0 bridgehead atoms. The lowest BCUT2D eigenvalue weighted by atomic mass is 9.88. The quantitative estimate of drug-likeness (QED) is 0.703. The Kier molecular flexibility index (Phi) is 2.53. The van der Waals surface area contributed by atoms with Gasteiger partial charge in [0.05, 0.1) is 6.42 Å². The van der Waals surface area contributed by atoms with Gasteiger partial charge in [-0.25, -0.2) is 0 Å². The van der Waals surface area contributed by atoms with Gasteiger partial charge in [0, 0.05) is 11.0 Å². The number of aromatic hydroxyl groups is 2. The van der Waals surface area contributed by atoms with E-state index in [1.54, 1.807) is 13.0 Å². The minimum Gasteiger partial charge on any atom is -0.504 e. The number of hydrogen-bond acceptors (Lipinski definition) is 3. The molecule has 0 amide bonds. The van der Waals surface area contributed by atoms with E-state index in [2.05, 4.69) is 0 Å². The van der Waals surface area contributed by atoms with Gasteiger partial charge in [0.2, 0.25) is 0 Å². The molecule has 1 aromatic rings. The highest BCUT2D eigenvalue weighted by Crippen LogP contribution is 2.55. The summed E-state index contributed by atoms with van der Waals surface area (Å²) < 4.78 is 0. The third-order valence-corrected chi connectivity index (χ3v) is 3.70. The summed E-state index contributed by atoms with van der Waals surface area (Å²) in [6.45, 7) is 3.57. The predicted molar refractivity (Wildman–Crippen MR) is 62.4 cm³/mol. The first-order chi connectivity index (χ1) is 7.87. The molecule has 1 aliphatic carbocycles. The molecule has 0 radical (unpaired) electrons. The highest BCUT2D eigenvalue weighted by Gasteiger charge is 2.48. The summed E-state index contributed by atoms with van der Waals surface area (Å²) in [5, 5.41) is 28.6. The van der Waals surface area contributed by atoms with Crippen molar-refractivity contribution in [2.75, 3.05) is 0 Å². The van der Waals surface area contributed by atoms with Crippen LogP contribution in [0.25, 0.3) is 0 Å². The Labute approximate surface area is 99.5 Å². The van der Waals surface area contributed by atoms with E-state index in [9.17, 15) is 15.0 Å². The zero-order valence-corrected chi connectivity index (χ0v) is 9.95. The van der Waals surface area contributed by atoms with Crippen molar-refractivity contribution in [1.29, 1.82) is 0 Å². The summed E-state index contributed by atoms with van der Waals surface area (Å²) in [6, 6.07) is 1.79. The monoisotopic (exact) mass is 236 g/mol. The van der Waals surface area contributed by atoms with Crippen LogP contribution in [0.15, 0.2) is 6.07 Å². The van der Waals surface area contributed by atoms with E-state index in [1.807, 2.05) is 6.92 Å². The Morgan fingerprint density at radius 1 is 1.29 bits per heavy atom. The molecule has 0 aromatic heterocycles. The molecule has 1 saturated carbocycles. The normalized spacial score (nSPS) is 16.8. The molecule has 0 spiro atoms. The molecule has 3 N–H and O–H groups in total. The van der Waals surface area contributed by atoms with Gasteiger partial charge in [-0.15, -0.1) is 0 Å². The van der Waals surface area contributed by atoms with Gasteiger partial charge in [0.25, 0.3) is 0 Å². The van der Waals surface area contributed by atoms with Crippen LogP contribution in [0, 0.1) is 13.8 Å². The van der Waals surface area contributed by atoms with Crippen molar-refractivity contribution in [2.24, 2.45) is 0 Å². The van der Waals surface area contributed by atoms with E-state index >= 15 is 0 Å². The second-order valence-corrected chi connectivity index (χ2v) is 4.91. The van der Waals surface area contributed by atoms with Gasteiger partial charge in [-0.3, -0.25) is 4.79 Å². The fourth-order valence-electron chi connectivity index (χ4n) is 2.27. The Morgan fingerprint density at radius 2 is 1.88 bits per heavy atom. The highest BCUT2D eigenvalue weighted by molar-refractivity contribution is 5.71. The van der Waals surface area contributed by atoms with Gasteiger partial charge in [-0.2, -0.15) is 0 Å². The Bertz CT molecular complexity index is 487. The van der Waals surface area contributed by atoms with Crippen LogP contribution in [-0.2, 0) is 10.2 Å². The van der Waals surface area contributed by atoms with E-state index in [0.717, 1.165) is 18.4 Å². The second kappa shape index (κ2) is 3.65. The van der Waals surface area contributed by atoms with Gasteiger partial charge in [0.15, 0.2) is 11.5 Å². The van der Waals surface area contributed by atoms with Crippen LogP contribution in [-0.4, -0.2) is 21.3 Å². The predicted octanol–water partition coefficient (Wildman–Crippen LogP) is 2.22. The molecule has 2 rings (SSSR count). The molecule has 0 unspecified atom stereocenters. The van der Waals surface area contributed by atoms with Crippen LogP contribution in [0.1, 0.15) is 36.0 Å². The van der Waals surface area contributed by atoms with E-state index in [4.69, 9.17) is 5.11 Å². The lowest BCUT2D eigenvalue weighted by Crippen LogP contribution is -2.13. The maximum atomic E-state index is 10.8. The standard InChI is InChI=1S/C13H16O4/c1-7-5-9(12(17)11(16)8(7)2)13(3-4-13)6-10(14)15/h5,16-17H,3-4,6H2,1-2H3,(H,14,15). The van der Waals surface area contributed by atoms with Gasteiger partial charge in [-0.05, 0) is 37.8 Å². The molecule has 0 saturated heterocycles. The number of phenols is 2. The number of carboxylic acids is 1. The maximum absolute atomic E-state index is 10.8. The summed E-state index contributed by atoms with van der Waals surface area (Å²) in [5.41, 5.74) is 1.59. The van der Waals surface area contributed by atoms with Crippen molar-refractivity contribution in [2.45, 2.75) is 38.5 Å². The van der Waals surface area contributed by atoms with Crippen molar-refractivity contribution < 1.29 is 20.1 Å². The van der Waals surface area contributed by atoms with E-state index in [0.29, 0.717) is 11.1 Å². The van der Waals surface area contributed by atoms with Gasteiger partial charge < -0.3 is 15.3 Å². The molecular weight excluding hydrogens is 220 g/mol. The zero-order chi connectivity index (χ0) is 12.8. The molecule has 4 heteroatoms. The van der Waals surface area contributed by atoms with Crippen molar-refractivity contribution >= 4 is 5.97 Å². The van der Waals surface area contributed by atoms with Gasteiger partial charge in [0.1, 0.15) is 0 Å². The highest BCUT2D eigenvalue weighted by atomic mass is 16.4. The third-order valence-electron chi connectivity index (χ3n) is 3.70. The molecule has 1 aliphatic rings. The average molecular weight is 236 g/mol. The smallest absolute Gasteiger partial charge is 0.304 e. The first-order valence-corrected chi connectivity index (χ1v) is 5.62. The van der Waals surface area contributed by atoms with E-state index < -0.39 is 11.4 Å². The first-order valence-electron chi connectivity index (χ1n) is 5.62. The molecule has 1 fully saturated rings. The molecule has 0 atom stereocenters. The fourth-order valence-corrected chi connectivity index (χ4v) is 2.27. The number of phenolic OH excluding ortho intramolecular Hbond substituents is 2. The SMILES string of the molecule is Cc1cc(C2(CC(=O)O)CC2)c(O)c(O)c1C. The van der Waals surface area contributed by atoms with Crippen LogP contribution >= 0.6 is 0 Å². The molecule has 0 heterocycles. The molecule has 17 heavy (non-hydrogen) atoms. The Morgan fingerprint density at radius 3 is 2.35 bits per heavy atom. The van der Waals surface area contributed by atoms with E-state index in [-0.39, 0.29) is 17.9 Å². The van der Waals surface area contributed by atoms with Crippen LogP contribution in [0.3, 0.4) is 0 Å². The van der Waals surface area contributed by atoms with Crippen molar-refractivity contribution in [1.82, 2.24) is 0 Å². The molecule has 4 nitrogen and oxygen atoms in total. The van der Waals surface area contributed by atoms with Crippen LogP contribution in [0.2, 0.25) is 0 Å². The summed E-state index contributed by atoms with van der Waals surface area (Å²) >= 11 is 0. The second-order valence-electron chi connectivity index (χ2n) is 4.91. The number of rotatable bonds is 3. The minimum absolute atomic E-state index is 0.00248. The first kappa shape index (κ1) is 11.8. The average Bonchev–Trinajstić information content (AvgIpc) is 3.00. The summed E-state index contributed by atoms with van der Waals surface area (Å²) in [5.74, 6) is -1.16. The van der Waals surface area contributed by atoms with Gasteiger partial charge >= 0.3 is 5.97 Å². The number of carbonyl (C=O) groups is 1. The van der Waals surface area contributed by atoms with Crippen LogP contribution in [0.5, 0.6) is 11.5 Å². The number of aryl methyl sites for hydroxylation is 1. The summed E-state index contributed by atoms with van der Waals surface area (Å²) in [6.07, 6.45) is 1.49. The largest absolute Gasteiger partial charge is 0.504 e.